The normalized spacial score (nSPS) is 14.9. The van der Waals surface area contributed by atoms with E-state index in [2.05, 4.69) is 5.32 Å². The molecule has 1 unspecified atom stereocenters. The van der Waals surface area contributed by atoms with Crippen LogP contribution in [0, 0.1) is 0 Å². The first kappa shape index (κ1) is 28.6. The van der Waals surface area contributed by atoms with Crippen LogP contribution in [0.25, 0.3) is 0 Å². The number of ether oxygens (including phenoxy) is 2. The largest absolute Gasteiger partial charge is 0.508 e. The van der Waals surface area contributed by atoms with Crippen molar-refractivity contribution in [3.05, 3.63) is 112 Å². The monoisotopic (exact) mass is 604 g/mol. The van der Waals surface area contributed by atoms with Gasteiger partial charge in [-0.05, 0) is 73.5 Å². The Bertz CT molecular complexity index is 1800. The lowest BCUT2D eigenvalue weighted by Crippen LogP contribution is -2.42. The number of hydrogen-bond donors (Lipinski definition) is 4. The minimum absolute atomic E-state index is 0.0513. The fourth-order valence-electron chi connectivity index (χ4n) is 5.53. The first-order valence-corrected chi connectivity index (χ1v) is 13.4. The highest BCUT2D eigenvalue weighted by Crippen LogP contribution is 2.57. The lowest BCUT2D eigenvalue weighted by molar-refractivity contribution is -0.174. The summed E-state index contributed by atoms with van der Waals surface area (Å²) < 4.78 is 49.8. The second-order valence-corrected chi connectivity index (χ2v) is 10.5. The number of halogens is 3. The Hall–Kier alpha value is -5.52. The topological polar surface area (TPSA) is 134 Å². The van der Waals surface area contributed by atoms with Gasteiger partial charge in [0, 0.05) is 46.1 Å². The minimum Gasteiger partial charge on any atom is -0.508 e. The Kier molecular flexibility index (Phi) is 6.71. The van der Waals surface area contributed by atoms with E-state index in [0.29, 0.717) is 27.9 Å². The van der Waals surface area contributed by atoms with E-state index in [4.69, 9.17) is 9.47 Å². The maximum Gasteiger partial charge on any atom is 0.471 e. The average Bonchev–Trinajstić information content (AvgIpc) is 3.24. The fourth-order valence-corrected chi connectivity index (χ4v) is 5.53. The highest BCUT2D eigenvalue weighted by Gasteiger charge is 2.53. The molecule has 2 aliphatic heterocycles. The number of fused-ring (bicyclic) bond motifs is 6. The molecule has 0 fully saturated rings. The molecule has 1 spiro atoms. The molecule has 1 atom stereocenters. The number of benzene rings is 4. The first-order chi connectivity index (χ1) is 20.8. The molecule has 0 saturated carbocycles. The van der Waals surface area contributed by atoms with Crippen molar-refractivity contribution in [1.82, 2.24) is 5.32 Å². The van der Waals surface area contributed by atoms with Gasteiger partial charge in [-0.15, -0.1) is 0 Å². The van der Waals surface area contributed by atoms with E-state index in [0.717, 1.165) is 0 Å². The molecule has 9 nitrogen and oxygen atoms in total. The SMILES string of the molecule is CC(Cc1cccc(C(=O)Nc2ccc3c(c2)C2(OC3=O)c3ccc(O)cc3Oc3cc(O)ccc32)c1)NC(=O)C(F)(F)F. The van der Waals surface area contributed by atoms with Gasteiger partial charge >= 0.3 is 18.1 Å². The molecule has 0 saturated heterocycles. The summed E-state index contributed by atoms with van der Waals surface area (Å²) in [7, 11) is 0. The zero-order chi connectivity index (χ0) is 31.4. The van der Waals surface area contributed by atoms with Crippen molar-refractivity contribution in [3.8, 4) is 23.0 Å². The van der Waals surface area contributed by atoms with Crippen LogP contribution >= 0.6 is 0 Å². The third kappa shape index (κ3) is 4.93. The molecule has 4 aromatic rings. The number of rotatable bonds is 5. The van der Waals surface area contributed by atoms with E-state index >= 15 is 0 Å². The summed E-state index contributed by atoms with van der Waals surface area (Å²) >= 11 is 0. The second kappa shape index (κ2) is 10.3. The molecule has 2 aliphatic rings. The average molecular weight is 605 g/mol. The van der Waals surface area contributed by atoms with Gasteiger partial charge < -0.3 is 30.3 Å². The number of nitrogens with one attached hydrogen (secondary N) is 2. The van der Waals surface area contributed by atoms with Crippen LogP contribution in [-0.2, 0) is 21.6 Å². The fraction of sp³-hybridized carbons (Fsp3) is 0.156. The summed E-state index contributed by atoms with van der Waals surface area (Å²) in [6, 6.07) is 18.8. The number of phenolic OH excluding ortho intramolecular Hbond substituents is 2. The molecule has 0 aromatic heterocycles. The van der Waals surface area contributed by atoms with Crippen molar-refractivity contribution < 1.29 is 47.2 Å². The van der Waals surface area contributed by atoms with Crippen molar-refractivity contribution >= 4 is 23.5 Å². The van der Waals surface area contributed by atoms with Gasteiger partial charge in [-0.1, -0.05) is 12.1 Å². The van der Waals surface area contributed by atoms with Gasteiger partial charge in [0.05, 0.1) is 5.56 Å². The summed E-state index contributed by atoms with van der Waals surface area (Å²) in [6.45, 7) is 1.43. The lowest BCUT2D eigenvalue weighted by atomic mass is 9.77. The number of phenols is 2. The van der Waals surface area contributed by atoms with Crippen molar-refractivity contribution in [3.63, 3.8) is 0 Å². The molecule has 12 heteroatoms. The third-order valence-electron chi connectivity index (χ3n) is 7.40. The third-order valence-corrected chi connectivity index (χ3v) is 7.40. The summed E-state index contributed by atoms with van der Waals surface area (Å²) in [6.07, 6.45) is -4.95. The molecule has 0 bridgehead atoms. The van der Waals surface area contributed by atoms with Gasteiger partial charge in [-0.3, -0.25) is 9.59 Å². The van der Waals surface area contributed by atoms with Gasteiger partial charge in [-0.2, -0.15) is 13.2 Å². The Labute approximate surface area is 247 Å². The van der Waals surface area contributed by atoms with E-state index in [-0.39, 0.29) is 40.5 Å². The summed E-state index contributed by atoms with van der Waals surface area (Å²) in [4.78, 5) is 37.7. The van der Waals surface area contributed by atoms with Crippen LogP contribution in [-0.4, -0.2) is 40.2 Å². The van der Waals surface area contributed by atoms with E-state index < -0.39 is 35.6 Å². The zero-order valence-electron chi connectivity index (χ0n) is 22.9. The zero-order valence-corrected chi connectivity index (χ0v) is 22.9. The summed E-state index contributed by atoms with van der Waals surface area (Å²) in [5, 5.41) is 24.9. The smallest absolute Gasteiger partial charge is 0.471 e. The van der Waals surface area contributed by atoms with Crippen LogP contribution in [0.2, 0.25) is 0 Å². The number of amides is 2. The molecule has 4 N–H and O–H groups in total. The van der Waals surface area contributed by atoms with Gasteiger partial charge in [0.25, 0.3) is 5.91 Å². The Morgan fingerprint density at radius 3 is 2.18 bits per heavy atom. The first-order valence-electron chi connectivity index (χ1n) is 13.4. The molecule has 0 radical (unpaired) electrons. The molecule has 224 valence electrons. The van der Waals surface area contributed by atoms with Crippen molar-refractivity contribution in [2.45, 2.75) is 31.2 Å². The van der Waals surface area contributed by atoms with Gasteiger partial charge in [0.15, 0.2) is 5.60 Å². The van der Waals surface area contributed by atoms with Crippen molar-refractivity contribution in [2.75, 3.05) is 5.32 Å². The minimum atomic E-state index is -5.00. The van der Waals surface area contributed by atoms with E-state index in [1.54, 1.807) is 30.3 Å². The number of alkyl halides is 3. The molecular formula is C32H23F3N2O7. The number of carbonyl (C=O) groups is 3. The maximum atomic E-state index is 13.3. The van der Waals surface area contributed by atoms with Gasteiger partial charge in [-0.25, -0.2) is 4.79 Å². The van der Waals surface area contributed by atoms with Crippen LogP contribution in [0.4, 0.5) is 18.9 Å². The summed E-state index contributed by atoms with van der Waals surface area (Å²) in [5.74, 6) is -2.97. The molecule has 44 heavy (non-hydrogen) atoms. The number of carbonyl (C=O) groups excluding carboxylic acids is 3. The predicted octanol–water partition coefficient (Wildman–Crippen LogP) is 5.53. The van der Waals surface area contributed by atoms with E-state index in [1.165, 1.54) is 55.5 Å². The van der Waals surface area contributed by atoms with Crippen LogP contribution in [0.15, 0.2) is 78.9 Å². The standard InChI is InChI=1S/C32H23F3N2O7/c1-16(36-30(42)32(33,34)35)11-17-3-2-4-18(12-17)28(40)37-19-5-8-22-25(13-19)31(44-29(22)41)23-9-6-20(38)14-26(23)43-27-15-21(39)7-10-24(27)31/h2-10,12-16,38-39H,11H2,1H3,(H,36,42)(H,37,40). The van der Waals surface area contributed by atoms with E-state index in [9.17, 15) is 37.8 Å². The van der Waals surface area contributed by atoms with Crippen molar-refractivity contribution in [1.29, 1.82) is 0 Å². The number of esters is 1. The number of aromatic hydroxyl groups is 2. The number of anilines is 1. The summed E-state index contributed by atoms with van der Waals surface area (Å²) in [5.41, 5.74) is 1.01. The highest BCUT2D eigenvalue weighted by atomic mass is 19.4. The van der Waals surface area contributed by atoms with Gasteiger partial charge in [0.1, 0.15) is 23.0 Å². The Balaban J connectivity index is 1.32. The Morgan fingerprint density at radius 2 is 1.55 bits per heavy atom. The van der Waals surface area contributed by atoms with Crippen molar-refractivity contribution in [2.24, 2.45) is 0 Å². The van der Waals surface area contributed by atoms with Crippen LogP contribution in [0.3, 0.4) is 0 Å². The number of hydrogen-bond acceptors (Lipinski definition) is 7. The second-order valence-electron chi connectivity index (χ2n) is 10.5. The predicted molar refractivity (Wildman–Crippen MR) is 150 cm³/mol. The molecular weight excluding hydrogens is 581 g/mol. The van der Waals surface area contributed by atoms with Gasteiger partial charge in [0.2, 0.25) is 0 Å². The highest BCUT2D eigenvalue weighted by molar-refractivity contribution is 6.05. The van der Waals surface area contributed by atoms with E-state index in [1.807, 2.05) is 5.32 Å². The maximum absolute atomic E-state index is 13.3. The lowest BCUT2D eigenvalue weighted by Gasteiger charge is -2.36. The molecule has 0 aliphatic carbocycles. The molecule has 6 rings (SSSR count). The van der Waals surface area contributed by atoms with Crippen LogP contribution in [0.1, 0.15) is 49.9 Å². The molecule has 2 heterocycles. The van der Waals surface area contributed by atoms with Crippen LogP contribution < -0.4 is 15.4 Å². The quantitative estimate of drug-likeness (QED) is 0.220. The Morgan fingerprint density at radius 1 is 0.886 bits per heavy atom. The molecule has 2 amide bonds. The van der Waals surface area contributed by atoms with Crippen LogP contribution in [0.5, 0.6) is 23.0 Å². The molecule has 4 aromatic carbocycles.